The van der Waals surface area contributed by atoms with Crippen molar-refractivity contribution in [2.75, 3.05) is 6.61 Å². The number of nitrogens with zero attached hydrogens (tertiary/aromatic N) is 2. The van der Waals surface area contributed by atoms with E-state index in [-0.39, 0.29) is 4.90 Å². The Kier molecular flexibility index (Phi) is 5.15. The Labute approximate surface area is 172 Å². The maximum Gasteiger partial charge on any atom is 0.268 e. The van der Waals surface area contributed by atoms with Gasteiger partial charge in [0.15, 0.2) is 5.75 Å². The number of hydrogen-bond acceptors (Lipinski definition) is 4. The topological polar surface area (TPSA) is 61.2 Å². The standard InChI is InChI=1S/C20H21IN2O3S/c1-2-3-11-26-20-16(14-9-10-14)12-22-18-17(21)13-23(19(18)20)27(24,25)15-7-5-4-6-8-15/h4-8,12-14H,2-3,9-11H2,1H3. The number of unbranched alkanes of at least 4 members (excludes halogenated alkanes) is 1. The van der Waals surface area contributed by atoms with Gasteiger partial charge in [-0.25, -0.2) is 12.4 Å². The first-order valence-corrected chi connectivity index (χ1v) is 11.7. The fourth-order valence-corrected chi connectivity index (χ4v) is 5.40. The lowest BCUT2D eigenvalue weighted by Crippen LogP contribution is -2.13. The van der Waals surface area contributed by atoms with E-state index in [2.05, 4.69) is 34.5 Å². The van der Waals surface area contributed by atoms with Crippen LogP contribution in [0.25, 0.3) is 11.0 Å². The molecule has 0 spiro atoms. The van der Waals surface area contributed by atoms with Crippen molar-refractivity contribution in [3.8, 4) is 5.75 Å². The van der Waals surface area contributed by atoms with Crippen LogP contribution in [0.3, 0.4) is 0 Å². The Balaban J connectivity index is 1.94. The predicted octanol–water partition coefficient (Wildman–Crippen LogP) is 4.93. The van der Waals surface area contributed by atoms with Gasteiger partial charge in [-0.1, -0.05) is 31.5 Å². The second-order valence-electron chi connectivity index (χ2n) is 6.81. The summed E-state index contributed by atoms with van der Waals surface area (Å²) in [5.41, 5.74) is 2.26. The van der Waals surface area contributed by atoms with E-state index in [1.54, 1.807) is 30.5 Å². The lowest BCUT2D eigenvalue weighted by molar-refractivity contribution is 0.309. The van der Waals surface area contributed by atoms with Crippen molar-refractivity contribution in [2.24, 2.45) is 0 Å². The van der Waals surface area contributed by atoms with Crippen molar-refractivity contribution in [3.05, 3.63) is 51.9 Å². The SMILES string of the molecule is CCCCOc1c(C2CC2)cnc2c(I)cn(S(=O)(=O)c3ccccc3)c12. The van der Waals surface area contributed by atoms with E-state index in [9.17, 15) is 8.42 Å². The van der Waals surface area contributed by atoms with Gasteiger partial charge < -0.3 is 4.74 Å². The molecule has 0 unspecified atom stereocenters. The molecule has 1 aliphatic rings. The van der Waals surface area contributed by atoms with Crippen molar-refractivity contribution >= 4 is 43.6 Å². The number of fused-ring (bicyclic) bond motifs is 1. The van der Waals surface area contributed by atoms with Gasteiger partial charge >= 0.3 is 0 Å². The monoisotopic (exact) mass is 496 g/mol. The molecular formula is C20H21IN2O3S. The zero-order valence-electron chi connectivity index (χ0n) is 15.1. The maximum atomic E-state index is 13.3. The molecule has 4 rings (SSSR count). The Morgan fingerprint density at radius 1 is 1.26 bits per heavy atom. The summed E-state index contributed by atoms with van der Waals surface area (Å²) in [7, 11) is -3.73. The van der Waals surface area contributed by atoms with E-state index >= 15 is 0 Å². The highest BCUT2D eigenvalue weighted by Gasteiger charge is 2.32. The molecule has 0 aliphatic heterocycles. The van der Waals surface area contributed by atoms with Gasteiger partial charge in [0.25, 0.3) is 10.0 Å². The zero-order valence-corrected chi connectivity index (χ0v) is 18.0. The first kappa shape index (κ1) is 18.7. The van der Waals surface area contributed by atoms with Gasteiger partial charge in [0.05, 0.1) is 15.1 Å². The Bertz CT molecular complexity index is 1070. The number of halogens is 1. The molecule has 2 aromatic heterocycles. The molecule has 0 amide bonds. The van der Waals surface area contributed by atoms with E-state index in [4.69, 9.17) is 4.74 Å². The third-order valence-corrected chi connectivity index (χ3v) is 7.24. The van der Waals surface area contributed by atoms with Crippen molar-refractivity contribution in [3.63, 3.8) is 0 Å². The molecule has 0 radical (unpaired) electrons. The summed E-state index contributed by atoms with van der Waals surface area (Å²) in [5, 5.41) is 0. The van der Waals surface area contributed by atoms with Gasteiger partial charge in [0, 0.05) is 18.0 Å². The quantitative estimate of drug-likeness (QED) is 0.344. The van der Waals surface area contributed by atoms with Crippen molar-refractivity contribution in [1.82, 2.24) is 8.96 Å². The molecule has 142 valence electrons. The van der Waals surface area contributed by atoms with E-state index in [0.29, 0.717) is 29.3 Å². The van der Waals surface area contributed by atoms with Crippen molar-refractivity contribution < 1.29 is 13.2 Å². The minimum atomic E-state index is -3.73. The van der Waals surface area contributed by atoms with Crippen LogP contribution in [-0.2, 0) is 10.0 Å². The molecular weight excluding hydrogens is 475 g/mol. The van der Waals surface area contributed by atoms with Crippen LogP contribution in [0.1, 0.15) is 44.1 Å². The second kappa shape index (κ2) is 7.43. The number of benzene rings is 1. The van der Waals surface area contributed by atoms with Gasteiger partial charge in [-0.3, -0.25) is 4.98 Å². The summed E-state index contributed by atoms with van der Waals surface area (Å²) in [4.78, 5) is 4.84. The van der Waals surface area contributed by atoms with Crippen LogP contribution < -0.4 is 4.74 Å². The zero-order chi connectivity index (χ0) is 19.0. The number of hydrogen-bond donors (Lipinski definition) is 0. The molecule has 1 fully saturated rings. The lowest BCUT2D eigenvalue weighted by atomic mass is 10.1. The highest BCUT2D eigenvalue weighted by atomic mass is 127. The minimum absolute atomic E-state index is 0.259. The number of pyridine rings is 1. The van der Waals surface area contributed by atoms with E-state index < -0.39 is 10.0 Å². The molecule has 27 heavy (non-hydrogen) atoms. The van der Waals surface area contributed by atoms with Crippen LogP contribution in [-0.4, -0.2) is 24.0 Å². The van der Waals surface area contributed by atoms with Crippen molar-refractivity contribution in [1.29, 1.82) is 0 Å². The Morgan fingerprint density at radius 2 is 2.00 bits per heavy atom. The molecule has 0 N–H and O–H groups in total. The summed E-state index contributed by atoms with van der Waals surface area (Å²) in [5.74, 6) is 1.09. The molecule has 7 heteroatoms. The van der Waals surface area contributed by atoms with Gasteiger partial charge in [-0.15, -0.1) is 0 Å². The molecule has 1 saturated carbocycles. The maximum absolute atomic E-state index is 13.3. The molecule has 2 heterocycles. The molecule has 3 aromatic rings. The normalized spacial score (nSPS) is 14.6. The van der Waals surface area contributed by atoms with Gasteiger partial charge in [-0.2, -0.15) is 0 Å². The third kappa shape index (κ3) is 3.47. The van der Waals surface area contributed by atoms with Crippen LogP contribution in [0.2, 0.25) is 0 Å². The Morgan fingerprint density at radius 3 is 2.67 bits per heavy atom. The highest BCUT2D eigenvalue weighted by Crippen LogP contribution is 2.47. The van der Waals surface area contributed by atoms with Crippen LogP contribution >= 0.6 is 22.6 Å². The minimum Gasteiger partial charge on any atom is -0.491 e. The summed E-state index contributed by atoms with van der Waals surface area (Å²) < 4.78 is 34.9. The summed E-state index contributed by atoms with van der Waals surface area (Å²) >= 11 is 2.14. The molecule has 0 saturated heterocycles. The average Bonchev–Trinajstić information content (AvgIpc) is 3.46. The number of aromatic nitrogens is 2. The van der Waals surface area contributed by atoms with E-state index in [1.165, 1.54) is 3.97 Å². The van der Waals surface area contributed by atoms with Crippen LogP contribution in [0.5, 0.6) is 5.75 Å². The molecule has 0 atom stereocenters. The largest absolute Gasteiger partial charge is 0.491 e. The lowest BCUT2D eigenvalue weighted by Gasteiger charge is -2.15. The van der Waals surface area contributed by atoms with E-state index in [0.717, 1.165) is 34.8 Å². The Hall–Kier alpha value is -1.61. The number of rotatable bonds is 7. The van der Waals surface area contributed by atoms with Gasteiger partial charge in [-0.05, 0) is 59.9 Å². The van der Waals surface area contributed by atoms with Gasteiger partial charge in [0.2, 0.25) is 0 Å². The van der Waals surface area contributed by atoms with Crippen molar-refractivity contribution in [2.45, 2.75) is 43.4 Å². The molecule has 5 nitrogen and oxygen atoms in total. The number of ether oxygens (including phenoxy) is 1. The first-order valence-electron chi connectivity index (χ1n) is 9.17. The van der Waals surface area contributed by atoms with E-state index in [1.807, 2.05) is 12.3 Å². The third-order valence-electron chi connectivity index (χ3n) is 4.77. The van der Waals surface area contributed by atoms with Crippen LogP contribution in [0.15, 0.2) is 47.6 Å². The fourth-order valence-electron chi connectivity index (χ4n) is 3.16. The smallest absolute Gasteiger partial charge is 0.268 e. The van der Waals surface area contributed by atoms with Gasteiger partial charge in [0.1, 0.15) is 11.0 Å². The summed E-state index contributed by atoms with van der Waals surface area (Å²) in [6.07, 6.45) is 7.65. The molecule has 0 bridgehead atoms. The first-order chi connectivity index (χ1) is 13.0. The second-order valence-corrected chi connectivity index (χ2v) is 9.78. The molecule has 1 aliphatic carbocycles. The highest BCUT2D eigenvalue weighted by molar-refractivity contribution is 14.1. The van der Waals surface area contributed by atoms with Crippen LogP contribution in [0.4, 0.5) is 0 Å². The fraction of sp³-hybridized carbons (Fsp3) is 0.350. The summed E-state index contributed by atoms with van der Waals surface area (Å²) in [6.45, 7) is 2.68. The summed E-state index contributed by atoms with van der Waals surface area (Å²) in [6, 6.07) is 8.50. The van der Waals surface area contributed by atoms with Crippen LogP contribution in [0, 0.1) is 3.57 Å². The average molecular weight is 496 g/mol. The molecule has 1 aromatic carbocycles. The predicted molar refractivity (Wildman–Crippen MR) is 114 cm³/mol.